The lowest BCUT2D eigenvalue weighted by Crippen LogP contribution is -2.04. The van der Waals surface area contributed by atoms with Crippen LogP contribution in [0, 0.1) is 5.82 Å². The second-order valence-corrected chi connectivity index (χ2v) is 6.04. The Bertz CT molecular complexity index is 1170. The molecule has 2 heterocycles. The number of halogens is 1. The second kappa shape index (κ2) is 7.11. The van der Waals surface area contributed by atoms with Gasteiger partial charge in [-0.25, -0.2) is 18.7 Å². The van der Waals surface area contributed by atoms with Crippen molar-refractivity contribution in [2.75, 3.05) is 14.2 Å². The van der Waals surface area contributed by atoms with Crippen molar-refractivity contribution >= 4 is 11.6 Å². The Hall–Kier alpha value is -3.74. The number of esters is 1. The van der Waals surface area contributed by atoms with Crippen LogP contribution in [0.15, 0.2) is 60.8 Å². The molecule has 140 valence electrons. The minimum Gasteiger partial charge on any atom is -0.496 e. The van der Waals surface area contributed by atoms with E-state index in [0.717, 1.165) is 16.8 Å². The van der Waals surface area contributed by atoms with Crippen molar-refractivity contribution in [2.45, 2.75) is 0 Å². The predicted molar refractivity (Wildman–Crippen MR) is 102 cm³/mol. The number of fused-ring (bicyclic) bond motifs is 1. The van der Waals surface area contributed by atoms with Gasteiger partial charge < -0.3 is 9.47 Å². The van der Waals surface area contributed by atoms with Gasteiger partial charge in [-0.1, -0.05) is 6.07 Å². The topological polar surface area (TPSA) is 65.7 Å². The van der Waals surface area contributed by atoms with Crippen molar-refractivity contribution in [2.24, 2.45) is 0 Å². The molecule has 0 aliphatic heterocycles. The van der Waals surface area contributed by atoms with Crippen molar-refractivity contribution in [1.82, 2.24) is 14.6 Å². The molecule has 0 amide bonds. The maximum Gasteiger partial charge on any atom is 0.341 e. The first-order chi connectivity index (χ1) is 13.6. The summed E-state index contributed by atoms with van der Waals surface area (Å²) < 4.78 is 25.0. The van der Waals surface area contributed by atoms with Gasteiger partial charge in [0.05, 0.1) is 25.6 Å². The minimum absolute atomic E-state index is 0.302. The van der Waals surface area contributed by atoms with Gasteiger partial charge in [0.2, 0.25) is 0 Å². The van der Waals surface area contributed by atoms with Crippen LogP contribution >= 0.6 is 0 Å². The van der Waals surface area contributed by atoms with E-state index in [4.69, 9.17) is 9.47 Å². The Morgan fingerprint density at radius 3 is 2.46 bits per heavy atom. The largest absolute Gasteiger partial charge is 0.496 e. The zero-order valence-electron chi connectivity index (χ0n) is 15.2. The molecule has 4 rings (SSSR count). The molecule has 28 heavy (non-hydrogen) atoms. The molecule has 6 nitrogen and oxygen atoms in total. The Balaban J connectivity index is 1.83. The van der Waals surface area contributed by atoms with Crippen LogP contribution in [0.25, 0.3) is 28.2 Å². The number of carbonyl (C=O) groups is 1. The first-order valence-corrected chi connectivity index (χ1v) is 8.48. The third kappa shape index (κ3) is 3.07. The van der Waals surface area contributed by atoms with E-state index >= 15 is 0 Å². The van der Waals surface area contributed by atoms with Crippen molar-refractivity contribution in [1.29, 1.82) is 0 Å². The third-order valence-corrected chi connectivity index (χ3v) is 4.40. The van der Waals surface area contributed by atoms with E-state index in [-0.39, 0.29) is 5.82 Å². The summed E-state index contributed by atoms with van der Waals surface area (Å²) in [7, 11) is 2.82. The van der Waals surface area contributed by atoms with Gasteiger partial charge in [-0.2, -0.15) is 5.10 Å². The van der Waals surface area contributed by atoms with Crippen LogP contribution in [-0.4, -0.2) is 34.8 Å². The molecule has 0 spiro atoms. The summed E-state index contributed by atoms with van der Waals surface area (Å²) in [6, 6.07) is 15.0. The maximum absolute atomic E-state index is 13.2. The Morgan fingerprint density at radius 1 is 1.00 bits per heavy atom. The van der Waals surface area contributed by atoms with E-state index in [0.29, 0.717) is 22.7 Å². The molecule has 0 aliphatic rings. The molecule has 2 aromatic heterocycles. The van der Waals surface area contributed by atoms with Gasteiger partial charge in [-0.15, -0.1) is 0 Å². The number of rotatable bonds is 4. The van der Waals surface area contributed by atoms with Crippen LogP contribution in [-0.2, 0) is 4.74 Å². The number of methoxy groups -OCH3 is 2. The number of benzene rings is 2. The van der Waals surface area contributed by atoms with Gasteiger partial charge in [0.1, 0.15) is 17.1 Å². The Morgan fingerprint density at radius 2 is 1.75 bits per heavy atom. The van der Waals surface area contributed by atoms with Crippen molar-refractivity contribution in [3.05, 3.63) is 72.2 Å². The van der Waals surface area contributed by atoms with Crippen LogP contribution < -0.4 is 4.74 Å². The molecule has 0 N–H and O–H groups in total. The molecule has 0 atom stereocenters. The zero-order chi connectivity index (χ0) is 19.7. The number of hydrogen-bond donors (Lipinski definition) is 0. The van der Waals surface area contributed by atoms with Crippen LogP contribution in [0.5, 0.6) is 5.75 Å². The highest BCUT2D eigenvalue weighted by Gasteiger charge is 2.16. The predicted octanol–water partition coefficient (Wildman–Crippen LogP) is 4.00. The molecule has 0 aliphatic carbocycles. The molecule has 4 aromatic rings. The summed E-state index contributed by atoms with van der Waals surface area (Å²) in [6.45, 7) is 0. The summed E-state index contributed by atoms with van der Waals surface area (Å²) in [5.41, 5.74) is 4.02. The summed E-state index contributed by atoms with van der Waals surface area (Å²) >= 11 is 0. The first kappa shape index (κ1) is 17.7. The van der Waals surface area contributed by atoms with E-state index in [2.05, 4.69) is 10.1 Å². The van der Waals surface area contributed by atoms with Gasteiger partial charge >= 0.3 is 5.97 Å². The van der Waals surface area contributed by atoms with Crippen LogP contribution in [0.4, 0.5) is 4.39 Å². The van der Waals surface area contributed by atoms with Crippen LogP contribution in [0.2, 0.25) is 0 Å². The monoisotopic (exact) mass is 377 g/mol. The van der Waals surface area contributed by atoms with Crippen molar-refractivity contribution in [3.63, 3.8) is 0 Å². The average Bonchev–Trinajstić information content (AvgIpc) is 3.17. The molecule has 0 saturated heterocycles. The van der Waals surface area contributed by atoms with E-state index < -0.39 is 5.97 Å². The highest BCUT2D eigenvalue weighted by molar-refractivity contribution is 5.93. The summed E-state index contributed by atoms with van der Waals surface area (Å²) in [4.78, 5) is 16.2. The molecule has 0 saturated carbocycles. The van der Waals surface area contributed by atoms with Crippen molar-refractivity contribution < 1.29 is 18.7 Å². The Labute approximate surface area is 160 Å². The van der Waals surface area contributed by atoms with Gasteiger partial charge in [-0.3, -0.25) is 0 Å². The molecular weight excluding hydrogens is 361 g/mol. The Kier molecular flexibility index (Phi) is 4.49. The lowest BCUT2D eigenvalue weighted by Gasteiger charge is -2.10. The fourth-order valence-electron chi connectivity index (χ4n) is 3.00. The van der Waals surface area contributed by atoms with Gasteiger partial charge in [0, 0.05) is 23.4 Å². The van der Waals surface area contributed by atoms with Crippen LogP contribution in [0.1, 0.15) is 10.4 Å². The zero-order valence-corrected chi connectivity index (χ0v) is 15.2. The van der Waals surface area contributed by atoms with E-state index in [9.17, 15) is 9.18 Å². The van der Waals surface area contributed by atoms with E-state index in [1.54, 1.807) is 41.0 Å². The number of carbonyl (C=O) groups excluding carboxylic acids is 1. The van der Waals surface area contributed by atoms with Crippen LogP contribution in [0.3, 0.4) is 0 Å². The average molecular weight is 377 g/mol. The molecule has 2 aromatic carbocycles. The molecule has 7 heteroatoms. The normalized spacial score (nSPS) is 10.8. The van der Waals surface area contributed by atoms with Gasteiger partial charge in [0.25, 0.3) is 0 Å². The molecule has 0 fully saturated rings. The van der Waals surface area contributed by atoms with Gasteiger partial charge in [-0.05, 0) is 42.5 Å². The molecule has 0 bridgehead atoms. The number of ether oxygens (including phenoxy) is 2. The summed E-state index contributed by atoms with van der Waals surface area (Å²) in [5.74, 6) is -0.370. The maximum atomic E-state index is 13.2. The molecule has 0 radical (unpaired) electrons. The highest BCUT2D eigenvalue weighted by Crippen LogP contribution is 2.29. The van der Waals surface area contributed by atoms with E-state index in [1.807, 2.05) is 12.1 Å². The minimum atomic E-state index is -0.471. The van der Waals surface area contributed by atoms with Gasteiger partial charge in [0.15, 0.2) is 5.65 Å². The number of aromatic nitrogens is 3. The lowest BCUT2D eigenvalue weighted by atomic mass is 10.1. The molecular formula is C21H16FN3O3. The molecule has 0 unspecified atom stereocenters. The second-order valence-electron chi connectivity index (χ2n) is 6.04. The summed E-state index contributed by atoms with van der Waals surface area (Å²) in [5, 5.41) is 4.62. The third-order valence-electron chi connectivity index (χ3n) is 4.40. The van der Waals surface area contributed by atoms with Crippen molar-refractivity contribution in [3.8, 4) is 28.3 Å². The SMILES string of the molecule is COC(=O)c1ccc(-c2ccnc3cc(-c4ccc(F)cc4)nn23)cc1OC. The lowest BCUT2D eigenvalue weighted by molar-refractivity contribution is 0.0597. The number of hydrogen-bond acceptors (Lipinski definition) is 5. The standard InChI is InChI=1S/C21H16FN3O3/c1-27-19-11-14(5-8-16(19)21(26)28-2)18-9-10-23-20-12-17(24-25(18)20)13-3-6-15(22)7-4-13/h3-12H,1-2H3. The van der Waals surface area contributed by atoms with E-state index in [1.165, 1.54) is 26.4 Å². The quantitative estimate of drug-likeness (QED) is 0.503. The summed E-state index contributed by atoms with van der Waals surface area (Å²) in [6.07, 6.45) is 1.68. The fraction of sp³-hybridized carbons (Fsp3) is 0.0952. The fourth-order valence-corrected chi connectivity index (χ4v) is 3.00. The first-order valence-electron chi connectivity index (χ1n) is 8.48. The number of nitrogens with zero attached hydrogens (tertiary/aromatic N) is 3. The smallest absolute Gasteiger partial charge is 0.341 e. The highest BCUT2D eigenvalue weighted by atomic mass is 19.1.